The second kappa shape index (κ2) is 4.45. The fourth-order valence-corrected chi connectivity index (χ4v) is 2.04. The molecule has 0 bridgehead atoms. The van der Waals surface area contributed by atoms with Gasteiger partial charge in [-0.25, -0.2) is 0 Å². The average Bonchev–Trinajstić information content (AvgIpc) is 2.77. The number of carbonyl (C=O) groups is 1. The van der Waals surface area contributed by atoms with Gasteiger partial charge in [0.05, 0.1) is 12.6 Å². The first kappa shape index (κ1) is 10.2. The van der Waals surface area contributed by atoms with E-state index in [4.69, 9.17) is 5.11 Å². The zero-order chi connectivity index (χ0) is 10.7. The Morgan fingerprint density at radius 1 is 1.40 bits per heavy atom. The van der Waals surface area contributed by atoms with Gasteiger partial charge in [-0.05, 0) is 25.0 Å². The van der Waals surface area contributed by atoms with E-state index < -0.39 is 0 Å². The molecule has 1 aromatic rings. The number of aliphatic hydroxyl groups excluding tert-OH is 1. The predicted octanol–water partition coefficient (Wildman–Crippen LogP) is 1.28. The van der Waals surface area contributed by atoms with Crippen LogP contribution in [0.1, 0.15) is 23.2 Å². The molecule has 1 atom stereocenters. The molecular formula is C12H15NO2. The third-order valence-electron chi connectivity index (χ3n) is 2.87. The van der Waals surface area contributed by atoms with Crippen molar-refractivity contribution in [1.82, 2.24) is 4.90 Å². The van der Waals surface area contributed by atoms with Crippen LogP contribution in [0.2, 0.25) is 0 Å². The molecule has 0 saturated carbocycles. The SMILES string of the molecule is O=C(c1ccccc1)N1CCCC1CO. The normalized spacial score (nSPS) is 20.6. The van der Waals surface area contributed by atoms with Gasteiger partial charge in [-0.3, -0.25) is 4.79 Å². The van der Waals surface area contributed by atoms with Gasteiger partial charge in [-0.1, -0.05) is 18.2 Å². The summed E-state index contributed by atoms with van der Waals surface area (Å²) in [5.41, 5.74) is 0.706. The first-order valence-corrected chi connectivity index (χ1v) is 5.30. The lowest BCUT2D eigenvalue weighted by Crippen LogP contribution is -2.37. The van der Waals surface area contributed by atoms with Gasteiger partial charge in [0.1, 0.15) is 0 Å². The summed E-state index contributed by atoms with van der Waals surface area (Å²) in [5.74, 6) is 0.0344. The minimum atomic E-state index is 0.0118. The summed E-state index contributed by atoms with van der Waals surface area (Å²) in [5, 5.41) is 9.14. The number of rotatable bonds is 2. The molecule has 1 aromatic carbocycles. The quantitative estimate of drug-likeness (QED) is 0.790. The van der Waals surface area contributed by atoms with Crippen LogP contribution >= 0.6 is 0 Å². The molecule has 1 amide bonds. The number of amides is 1. The number of likely N-dealkylation sites (tertiary alicyclic amines) is 1. The Morgan fingerprint density at radius 2 is 2.13 bits per heavy atom. The largest absolute Gasteiger partial charge is 0.394 e. The lowest BCUT2D eigenvalue weighted by molar-refractivity contribution is 0.0677. The standard InChI is InChI=1S/C12H15NO2/c14-9-11-7-4-8-13(11)12(15)10-5-2-1-3-6-10/h1-3,5-6,11,14H,4,7-9H2. The van der Waals surface area contributed by atoms with Crippen molar-refractivity contribution in [2.24, 2.45) is 0 Å². The fraction of sp³-hybridized carbons (Fsp3) is 0.417. The molecule has 80 valence electrons. The van der Waals surface area contributed by atoms with Crippen LogP contribution in [0.4, 0.5) is 0 Å². The van der Waals surface area contributed by atoms with Gasteiger partial charge in [0.25, 0.3) is 5.91 Å². The molecule has 1 saturated heterocycles. The molecule has 1 unspecified atom stereocenters. The predicted molar refractivity (Wildman–Crippen MR) is 57.6 cm³/mol. The van der Waals surface area contributed by atoms with Crippen molar-refractivity contribution in [3.05, 3.63) is 35.9 Å². The summed E-state index contributed by atoms with van der Waals surface area (Å²) < 4.78 is 0. The summed E-state index contributed by atoms with van der Waals surface area (Å²) in [6.07, 6.45) is 1.90. The Labute approximate surface area is 89.3 Å². The van der Waals surface area contributed by atoms with E-state index in [0.29, 0.717) is 5.56 Å². The van der Waals surface area contributed by atoms with Crippen LogP contribution in [-0.2, 0) is 0 Å². The lowest BCUT2D eigenvalue weighted by atomic mass is 10.2. The number of nitrogens with zero attached hydrogens (tertiary/aromatic N) is 1. The van der Waals surface area contributed by atoms with Crippen molar-refractivity contribution in [3.63, 3.8) is 0 Å². The third-order valence-corrected chi connectivity index (χ3v) is 2.87. The monoisotopic (exact) mass is 205 g/mol. The number of hydrogen-bond donors (Lipinski definition) is 1. The Bertz CT molecular complexity index is 337. The highest BCUT2D eigenvalue weighted by Gasteiger charge is 2.28. The summed E-state index contributed by atoms with van der Waals surface area (Å²) in [4.78, 5) is 13.8. The molecule has 1 aliphatic heterocycles. The number of hydrogen-bond acceptors (Lipinski definition) is 2. The maximum atomic E-state index is 12.0. The molecule has 1 heterocycles. The van der Waals surface area contributed by atoms with Crippen molar-refractivity contribution in [3.8, 4) is 0 Å². The molecule has 1 aliphatic rings. The number of benzene rings is 1. The van der Waals surface area contributed by atoms with Crippen molar-refractivity contribution in [1.29, 1.82) is 0 Å². The Hall–Kier alpha value is -1.35. The van der Waals surface area contributed by atoms with Crippen LogP contribution in [0.15, 0.2) is 30.3 Å². The second-order valence-electron chi connectivity index (χ2n) is 3.84. The topological polar surface area (TPSA) is 40.5 Å². The maximum Gasteiger partial charge on any atom is 0.254 e. The molecule has 3 heteroatoms. The molecule has 15 heavy (non-hydrogen) atoms. The van der Waals surface area contributed by atoms with Crippen molar-refractivity contribution < 1.29 is 9.90 Å². The lowest BCUT2D eigenvalue weighted by Gasteiger charge is -2.22. The first-order valence-electron chi connectivity index (χ1n) is 5.30. The Morgan fingerprint density at radius 3 is 2.80 bits per heavy atom. The summed E-state index contributed by atoms with van der Waals surface area (Å²) in [6, 6.07) is 9.25. The molecule has 3 nitrogen and oxygen atoms in total. The van der Waals surface area contributed by atoms with Gasteiger partial charge in [0.2, 0.25) is 0 Å². The molecule has 0 aliphatic carbocycles. The van der Waals surface area contributed by atoms with Gasteiger partial charge in [-0.15, -0.1) is 0 Å². The molecule has 1 N–H and O–H groups in total. The van der Waals surface area contributed by atoms with Gasteiger partial charge >= 0.3 is 0 Å². The van der Waals surface area contributed by atoms with Crippen LogP contribution < -0.4 is 0 Å². The van der Waals surface area contributed by atoms with Gasteiger partial charge in [0, 0.05) is 12.1 Å². The molecule has 0 aromatic heterocycles. The van der Waals surface area contributed by atoms with Crippen LogP contribution in [0.25, 0.3) is 0 Å². The Balaban J connectivity index is 2.14. The first-order chi connectivity index (χ1) is 7.33. The van der Waals surface area contributed by atoms with Crippen LogP contribution in [-0.4, -0.2) is 35.1 Å². The highest BCUT2D eigenvalue weighted by Crippen LogP contribution is 2.19. The van der Waals surface area contributed by atoms with E-state index in [2.05, 4.69) is 0 Å². The van der Waals surface area contributed by atoms with Gasteiger partial charge in [0.15, 0.2) is 0 Å². The highest BCUT2D eigenvalue weighted by molar-refractivity contribution is 5.94. The smallest absolute Gasteiger partial charge is 0.254 e. The molecule has 0 radical (unpaired) electrons. The van der Waals surface area contributed by atoms with Crippen LogP contribution in [0.5, 0.6) is 0 Å². The average molecular weight is 205 g/mol. The molecule has 1 fully saturated rings. The number of carbonyl (C=O) groups excluding carboxylic acids is 1. The summed E-state index contributed by atoms with van der Waals surface area (Å²) >= 11 is 0. The van der Waals surface area contributed by atoms with E-state index in [9.17, 15) is 4.79 Å². The summed E-state index contributed by atoms with van der Waals surface area (Å²) in [6.45, 7) is 0.831. The van der Waals surface area contributed by atoms with Gasteiger partial charge in [-0.2, -0.15) is 0 Å². The third kappa shape index (κ3) is 2.02. The van der Waals surface area contributed by atoms with E-state index in [1.165, 1.54) is 0 Å². The van der Waals surface area contributed by atoms with E-state index >= 15 is 0 Å². The van der Waals surface area contributed by atoms with Crippen molar-refractivity contribution in [2.45, 2.75) is 18.9 Å². The second-order valence-corrected chi connectivity index (χ2v) is 3.84. The van der Waals surface area contributed by atoms with E-state index in [1.807, 2.05) is 30.3 Å². The minimum Gasteiger partial charge on any atom is -0.394 e. The van der Waals surface area contributed by atoms with Crippen molar-refractivity contribution >= 4 is 5.91 Å². The fourth-order valence-electron chi connectivity index (χ4n) is 2.04. The molecule has 0 spiro atoms. The zero-order valence-electron chi connectivity index (χ0n) is 8.60. The highest BCUT2D eigenvalue weighted by atomic mass is 16.3. The minimum absolute atomic E-state index is 0.0118. The zero-order valence-corrected chi connectivity index (χ0v) is 8.60. The van der Waals surface area contributed by atoms with Crippen LogP contribution in [0.3, 0.4) is 0 Å². The molecule has 2 rings (SSSR count). The van der Waals surface area contributed by atoms with Gasteiger partial charge < -0.3 is 10.0 Å². The van der Waals surface area contributed by atoms with Crippen molar-refractivity contribution in [2.75, 3.05) is 13.2 Å². The molecular weight excluding hydrogens is 190 g/mol. The summed E-state index contributed by atoms with van der Waals surface area (Å²) in [7, 11) is 0. The number of aliphatic hydroxyl groups is 1. The van der Waals surface area contributed by atoms with Crippen LogP contribution in [0, 0.1) is 0 Å². The maximum absolute atomic E-state index is 12.0. The van der Waals surface area contributed by atoms with E-state index in [-0.39, 0.29) is 18.6 Å². The van der Waals surface area contributed by atoms with E-state index in [1.54, 1.807) is 4.90 Å². The van der Waals surface area contributed by atoms with E-state index in [0.717, 1.165) is 19.4 Å². The Kier molecular flexibility index (Phi) is 3.02.